The van der Waals surface area contributed by atoms with Crippen LogP contribution < -0.4 is 5.32 Å². The monoisotopic (exact) mass is 340 g/mol. The summed E-state index contributed by atoms with van der Waals surface area (Å²) < 4.78 is 0. The van der Waals surface area contributed by atoms with E-state index in [0.717, 1.165) is 29.3 Å². The Bertz CT molecular complexity index is 897. The van der Waals surface area contributed by atoms with E-state index in [1.165, 1.54) is 0 Å². The van der Waals surface area contributed by atoms with Crippen LogP contribution in [-0.4, -0.2) is 16.0 Å². The Balaban J connectivity index is 1.50. The number of nitrogens with one attached hydrogen (secondary N) is 2. The van der Waals surface area contributed by atoms with Crippen molar-refractivity contribution in [3.63, 3.8) is 0 Å². The van der Waals surface area contributed by atoms with Gasteiger partial charge in [-0.05, 0) is 60.7 Å². The number of aliphatic hydroxyl groups excluding tert-OH is 1. The van der Waals surface area contributed by atoms with Crippen molar-refractivity contribution in [2.45, 2.75) is 18.9 Å². The van der Waals surface area contributed by atoms with Gasteiger partial charge in [0, 0.05) is 21.6 Å². The topological polar surface area (TPSA) is 65.1 Å². The molecule has 1 atom stereocenters. The number of aromatic nitrogens is 1. The summed E-state index contributed by atoms with van der Waals surface area (Å²) in [6.45, 7) is 0. The number of fused-ring (bicyclic) bond motifs is 1. The largest absolute Gasteiger partial charge is 0.388 e. The van der Waals surface area contributed by atoms with Crippen molar-refractivity contribution in [2.75, 3.05) is 5.32 Å². The van der Waals surface area contributed by atoms with Gasteiger partial charge in [0.2, 0.25) is 0 Å². The maximum atomic E-state index is 12.4. The van der Waals surface area contributed by atoms with Gasteiger partial charge in [-0.3, -0.25) is 4.79 Å². The van der Waals surface area contributed by atoms with E-state index in [9.17, 15) is 9.90 Å². The number of rotatable bonds is 4. The average molecular weight is 341 g/mol. The minimum atomic E-state index is -0.395. The highest BCUT2D eigenvalue weighted by Crippen LogP contribution is 2.40. The van der Waals surface area contributed by atoms with Crippen LogP contribution in [0.15, 0.2) is 48.5 Å². The van der Waals surface area contributed by atoms with Gasteiger partial charge in [-0.2, -0.15) is 0 Å². The molecule has 0 spiro atoms. The van der Waals surface area contributed by atoms with E-state index in [4.69, 9.17) is 11.6 Å². The Kier molecular flexibility index (Phi) is 3.79. The standard InChI is InChI=1S/C19H17ClN2O2/c20-14-5-8-16-13(9-14)10-17(22-16)19(24)21-15-6-3-12(4-7-15)18(23)11-1-2-11/h3-11,18,22-23H,1-2H2,(H,21,24). The third kappa shape index (κ3) is 3.03. The number of aromatic amines is 1. The molecule has 1 unspecified atom stereocenters. The van der Waals surface area contributed by atoms with Crippen molar-refractivity contribution in [1.29, 1.82) is 0 Å². The van der Waals surface area contributed by atoms with Crippen LogP contribution in [0.2, 0.25) is 5.02 Å². The molecule has 4 nitrogen and oxygen atoms in total. The molecule has 0 bridgehead atoms. The van der Waals surface area contributed by atoms with Crippen LogP contribution in [0.25, 0.3) is 10.9 Å². The highest BCUT2D eigenvalue weighted by Gasteiger charge is 2.30. The Morgan fingerprint density at radius 1 is 1.17 bits per heavy atom. The Labute approximate surface area is 144 Å². The molecule has 3 aromatic rings. The fraction of sp³-hybridized carbons (Fsp3) is 0.211. The van der Waals surface area contributed by atoms with E-state index in [1.807, 2.05) is 36.4 Å². The van der Waals surface area contributed by atoms with Gasteiger partial charge < -0.3 is 15.4 Å². The van der Waals surface area contributed by atoms with E-state index in [0.29, 0.717) is 22.3 Å². The molecule has 5 heteroatoms. The second-order valence-corrected chi connectivity index (χ2v) is 6.71. The summed E-state index contributed by atoms with van der Waals surface area (Å²) in [5, 5.41) is 14.5. The summed E-state index contributed by atoms with van der Waals surface area (Å²) in [4.78, 5) is 15.5. The molecule has 24 heavy (non-hydrogen) atoms. The zero-order chi connectivity index (χ0) is 16.7. The maximum absolute atomic E-state index is 12.4. The van der Waals surface area contributed by atoms with Gasteiger partial charge >= 0.3 is 0 Å². The van der Waals surface area contributed by atoms with Crippen LogP contribution in [0.4, 0.5) is 5.69 Å². The summed E-state index contributed by atoms with van der Waals surface area (Å²) in [6, 6.07) is 14.6. The molecule has 1 aliphatic rings. The Morgan fingerprint density at radius 3 is 2.62 bits per heavy atom. The lowest BCUT2D eigenvalue weighted by Gasteiger charge is -2.10. The van der Waals surface area contributed by atoms with Crippen molar-refractivity contribution < 1.29 is 9.90 Å². The number of anilines is 1. The van der Waals surface area contributed by atoms with Gasteiger partial charge in [0.05, 0.1) is 6.10 Å². The quantitative estimate of drug-likeness (QED) is 0.654. The van der Waals surface area contributed by atoms with Gasteiger partial charge in [-0.15, -0.1) is 0 Å². The number of hydrogen-bond acceptors (Lipinski definition) is 2. The lowest BCUT2D eigenvalue weighted by atomic mass is 10.1. The summed E-state index contributed by atoms with van der Waals surface area (Å²) in [5.74, 6) is 0.182. The number of benzene rings is 2. The Morgan fingerprint density at radius 2 is 1.92 bits per heavy atom. The van der Waals surface area contributed by atoms with Crippen molar-refractivity contribution in [3.05, 3.63) is 64.8 Å². The van der Waals surface area contributed by atoms with Crippen LogP contribution >= 0.6 is 11.6 Å². The number of carbonyl (C=O) groups is 1. The second kappa shape index (κ2) is 5.96. The lowest BCUT2D eigenvalue weighted by molar-refractivity contribution is 0.102. The van der Waals surface area contributed by atoms with Crippen molar-refractivity contribution in [2.24, 2.45) is 5.92 Å². The maximum Gasteiger partial charge on any atom is 0.272 e. The number of halogens is 1. The molecule has 2 aromatic carbocycles. The molecule has 122 valence electrons. The predicted octanol–water partition coefficient (Wildman–Crippen LogP) is 4.52. The second-order valence-electron chi connectivity index (χ2n) is 6.27. The SMILES string of the molecule is O=C(Nc1ccc(C(O)C2CC2)cc1)c1cc2cc(Cl)ccc2[nH]1. The minimum absolute atomic E-state index is 0.210. The molecule has 1 fully saturated rings. The first kappa shape index (κ1) is 15.2. The fourth-order valence-corrected chi connectivity index (χ4v) is 3.05. The van der Waals surface area contributed by atoms with Crippen molar-refractivity contribution in [1.82, 2.24) is 4.98 Å². The van der Waals surface area contributed by atoms with E-state index in [1.54, 1.807) is 12.1 Å². The van der Waals surface area contributed by atoms with Gasteiger partial charge in [-0.25, -0.2) is 0 Å². The highest BCUT2D eigenvalue weighted by molar-refractivity contribution is 6.31. The van der Waals surface area contributed by atoms with E-state index >= 15 is 0 Å². The molecule has 1 aliphatic carbocycles. The van der Waals surface area contributed by atoms with Crippen LogP contribution in [0, 0.1) is 5.92 Å². The average Bonchev–Trinajstić information content (AvgIpc) is 3.34. The first-order valence-electron chi connectivity index (χ1n) is 7.98. The smallest absolute Gasteiger partial charge is 0.272 e. The van der Waals surface area contributed by atoms with Crippen LogP contribution in [0.1, 0.15) is 35.0 Å². The van der Waals surface area contributed by atoms with Gasteiger partial charge in [0.1, 0.15) is 5.69 Å². The predicted molar refractivity (Wildman–Crippen MR) is 95.4 cm³/mol. The zero-order valence-electron chi connectivity index (χ0n) is 12.9. The van der Waals surface area contributed by atoms with Gasteiger partial charge in [0.25, 0.3) is 5.91 Å². The summed E-state index contributed by atoms with van der Waals surface area (Å²) in [6.07, 6.45) is 1.78. The van der Waals surface area contributed by atoms with Crippen molar-refractivity contribution >= 4 is 34.1 Å². The van der Waals surface area contributed by atoms with Crippen molar-refractivity contribution in [3.8, 4) is 0 Å². The van der Waals surface area contributed by atoms with Crippen LogP contribution in [-0.2, 0) is 0 Å². The number of aliphatic hydroxyl groups is 1. The third-order valence-corrected chi connectivity index (χ3v) is 4.64. The molecule has 1 heterocycles. The molecular weight excluding hydrogens is 324 g/mol. The molecular formula is C19H17ClN2O2. The molecule has 0 radical (unpaired) electrons. The first-order chi connectivity index (χ1) is 11.6. The molecule has 0 aliphatic heterocycles. The minimum Gasteiger partial charge on any atom is -0.388 e. The number of H-pyrrole nitrogens is 1. The molecule has 1 aromatic heterocycles. The normalized spacial score (nSPS) is 15.4. The first-order valence-corrected chi connectivity index (χ1v) is 8.35. The summed E-state index contributed by atoms with van der Waals surface area (Å²) in [7, 11) is 0. The fourth-order valence-electron chi connectivity index (χ4n) is 2.87. The Hall–Kier alpha value is -2.30. The third-order valence-electron chi connectivity index (χ3n) is 4.41. The zero-order valence-corrected chi connectivity index (χ0v) is 13.7. The molecule has 1 amide bonds. The lowest BCUT2D eigenvalue weighted by Crippen LogP contribution is -2.12. The number of hydrogen-bond donors (Lipinski definition) is 3. The van der Waals surface area contributed by atoms with E-state index in [-0.39, 0.29) is 5.91 Å². The summed E-state index contributed by atoms with van der Waals surface area (Å²) in [5.41, 5.74) is 2.95. The number of carbonyl (C=O) groups excluding carboxylic acids is 1. The highest BCUT2D eigenvalue weighted by atomic mass is 35.5. The van der Waals surface area contributed by atoms with Crippen LogP contribution in [0.3, 0.4) is 0 Å². The van der Waals surface area contributed by atoms with E-state index in [2.05, 4.69) is 10.3 Å². The molecule has 3 N–H and O–H groups in total. The molecule has 4 rings (SSSR count). The molecule has 1 saturated carbocycles. The summed E-state index contributed by atoms with van der Waals surface area (Å²) >= 11 is 5.97. The van der Waals surface area contributed by atoms with Crippen LogP contribution in [0.5, 0.6) is 0 Å². The molecule has 0 saturated heterocycles. The van der Waals surface area contributed by atoms with Gasteiger partial charge in [0.15, 0.2) is 0 Å². The van der Waals surface area contributed by atoms with E-state index < -0.39 is 6.10 Å². The van der Waals surface area contributed by atoms with Gasteiger partial charge in [-0.1, -0.05) is 23.7 Å². The number of amides is 1.